The third-order valence-corrected chi connectivity index (χ3v) is 2.76. The Kier molecular flexibility index (Phi) is 3.84. The quantitative estimate of drug-likeness (QED) is 0.853. The third kappa shape index (κ3) is 2.62. The van der Waals surface area contributed by atoms with Gasteiger partial charge in [0.15, 0.2) is 5.82 Å². The van der Waals surface area contributed by atoms with Crippen molar-refractivity contribution in [3.8, 4) is 0 Å². The van der Waals surface area contributed by atoms with Crippen molar-refractivity contribution in [2.45, 2.75) is 6.92 Å². The van der Waals surface area contributed by atoms with Crippen molar-refractivity contribution in [3.63, 3.8) is 0 Å². The highest BCUT2D eigenvalue weighted by Gasteiger charge is 2.09. The van der Waals surface area contributed by atoms with E-state index in [1.807, 2.05) is 30.3 Å². The van der Waals surface area contributed by atoms with Crippen LogP contribution in [-0.2, 0) is 0 Å². The molecule has 0 aliphatic carbocycles. The zero-order chi connectivity index (χ0) is 13.0. The summed E-state index contributed by atoms with van der Waals surface area (Å²) in [5.41, 5.74) is 7.12. The number of nitrogens with zero attached hydrogens (tertiary/aromatic N) is 3. The smallest absolute Gasteiger partial charge is 0.151 e. The molecule has 0 saturated carbocycles. The van der Waals surface area contributed by atoms with Crippen LogP contribution in [0, 0.1) is 0 Å². The van der Waals surface area contributed by atoms with Crippen LogP contribution in [0.25, 0.3) is 0 Å². The first-order chi connectivity index (χ1) is 8.72. The lowest BCUT2D eigenvalue weighted by Crippen LogP contribution is -2.19. The minimum atomic E-state index is 0.261. The number of hydrogen-bond donors (Lipinski definition) is 1. The fourth-order valence-corrected chi connectivity index (χ4v) is 1.78. The van der Waals surface area contributed by atoms with Gasteiger partial charge in [0.25, 0.3) is 0 Å². The predicted octanol–water partition coefficient (Wildman–Crippen LogP) is 2.27. The van der Waals surface area contributed by atoms with Crippen LogP contribution in [0.3, 0.4) is 0 Å². The standard InChI is InChI=1S/C13H14N4S/c1-2-17(10-6-4-3-5-7-10)12-9-15-11(8-16-12)13(14)18/h3-9H,2H2,1H3,(H2,14,18). The minimum Gasteiger partial charge on any atom is -0.388 e. The van der Waals surface area contributed by atoms with E-state index in [0.717, 1.165) is 18.1 Å². The van der Waals surface area contributed by atoms with Gasteiger partial charge >= 0.3 is 0 Å². The number of rotatable bonds is 4. The second-order valence-corrected chi connectivity index (χ2v) is 4.14. The van der Waals surface area contributed by atoms with E-state index >= 15 is 0 Å². The molecule has 1 aromatic heterocycles. The Morgan fingerprint density at radius 2 is 1.94 bits per heavy atom. The maximum absolute atomic E-state index is 5.50. The number of anilines is 2. The third-order valence-electron chi connectivity index (χ3n) is 2.55. The minimum absolute atomic E-state index is 0.261. The maximum Gasteiger partial charge on any atom is 0.151 e. The molecule has 5 heteroatoms. The van der Waals surface area contributed by atoms with E-state index in [4.69, 9.17) is 18.0 Å². The molecule has 2 N–H and O–H groups in total. The van der Waals surface area contributed by atoms with Crippen molar-refractivity contribution >= 4 is 28.7 Å². The summed E-state index contributed by atoms with van der Waals surface area (Å²) in [4.78, 5) is 10.9. The highest BCUT2D eigenvalue weighted by molar-refractivity contribution is 7.80. The molecule has 0 saturated heterocycles. The molecule has 2 aromatic rings. The van der Waals surface area contributed by atoms with Crippen molar-refractivity contribution in [2.24, 2.45) is 5.73 Å². The second kappa shape index (κ2) is 5.55. The Bertz CT molecular complexity index is 524. The van der Waals surface area contributed by atoms with Gasteiger partial charge in [-0.3, -0.25) is 0 Å². The molecule has 92 valence electrons. The maximum atomic E-state index is 5.50. The van der Waals surface area contributed by atoms with Crippen LogP contribution < -0.4 is 10.6 Å². The number of benzene rings is 1. The van der Waals surface area contributed by atoms with Gasteiger partial charge in [0.05, 0.1) is 12.4 Å². The highest BCUT2D eigenvalue weighted by atomic mass is 32.1. The average molecular weight is 258 g/mol. The Morgan fingerprint density at radius 3 is 2.44 bits per heavy atom. The molecule has 0 unspecified atom stereocenters. The molecule has 0 amide bonds. The summed E-state index contributed by atoms with van der Waals surface area (Å²) in [7, 11) is 0. The molecule has 0 radical (unpaired) electrons. The van der Waals surface area contributed by atoms with Crippen LogP contribution in [-0.4, -0.2) is 21.5 Å². The molecule has 4 nitrogen and oxygen atoms in total. The van der Waals surface area contributed by atoms with Crippen LogP contribution in [0.4, 0.5) is 11.5 Å². The number of hydrogen-bond acceptors (Lipinski definition) is 4. The molecule has 2 rings (SSSR count). The average Bonchev–Trinajstić information content (AvgIpc) is 2.41. The Balaban J connectivity index is 2.31. The summed E-state index contributed by atoms with van der Waals surface area (Å²) < 4.78 is 0. The Morgan fingerprint density at radius 1 is 1.22 bits per heavy atom. The lowest BCUT2D eigenvalue weighted by atomic mass is 10.3. The van der Waals surface area contributed by atoms with Crippen LogP contribution in [0.1, 0.15) is 12.6 Å². The molecule has 18 heavy (non-hydrogen) atoms. The normalized spacial score (nSPS) is 10.1. The molecule has 0 bridgehead atoms. The van der Waals surface area contributed by atoms with E-state index in [1.165, 1.54) is 0 Å². The van der Waals surface area contributed by atoms with Gasteiger partial charge in [0.1, 0.15) is 10.7 Å². The molecular formula is C13H14N4S. The van der Waals surface area contributed by atoms with Crippen LogP contribution in [0.2, 0.25) is 0 Å². The topological polar surface area (TPSA) is 55.0 Å². The number of nitrogens with two attached hydrogens (primary N) is 1. The molecule has 0 spiro atoms. The molecular weight excluding hydrogens is 244 g/mol. The van der Waals surface area contributed by atoms with Gasteiger partial charge in [-0.15, -0.1) is 0 Å². The van der Waals surface area contributed by atoms with Gasteiger partial charge in [-0.25, -0.2) is 9.97 Å². The van der Waals surface area contributed by atoms with E-state index in [0.29, 0.717) is 5.69 Å². The van der Waals surface area contributed by atoms with Gasteiger partial charge in [0, 0.05) is 12.2 Å². The monoisotopic (exact) mass is 258 g/mol. The van der Waals surface area contributed by atoms with Gasteiger partial charge in [-0.05, 0) is 19.1 Å². The zero-order valence-corrected chi connectivity index (χ0v) is 10.9. The largest absolute Gasteiger partial charge is 0.388 e. The fraction of sp³-hybridized carbons (Fsp3) is 0.154. The van der Waals surface area contributed by atoms with Crippen molar-refractivity contribution in [1.82, 2.24) is 9.97 Å². The number of thiocarbonyl (C=S) groups is 1. The molecule has 0 atom stereocenters. The van der Waals surface area contributed by atoms with E-state index in [-0.39, 0.29) is 4.99 Å². The zero-order valence-electron chi connectivity index (χ0n) is 10.1. The van der Waals surface area contributed by atoms with E-state index < -0.39 is 0 Å². The predicted molar refractivity (Wildman–Crippen MR) is 77.0 cm³/mol. The Hall–Kier alpha value is -2.01. The summed E-state index contributed by atoms with van der Waals surface area (Å²) in [6, 6.07) is 10.0. The van der Waals surface area contributed by atoms with Gasteiger partial charge in [0.2, 0.25) is 0 Å². The van der Waals surface area contributed by atoms with Crippen molar-refractivity contribution in [3.05, 3.63) is 48.4 Å². The van der Waals surface area contributed by atoms with Crippen molar-refractivity contribution in [2.75, 3.05) is 11.4 Å². The van der Waals surface area contributed by atoms with Crippen LogP contribution >= 0.6 is 12.2 Å². The summed E-state index contributed by atoms with van der Waals surface area (Å²) in [6.07, 6.45) is 3.29. The van der Waals surface area contributed by atoms with Crippen molar-refractivity contribution in [1.29, 1.82) is 0 Å². The lowest BCUT2D eigenvalue weighted by Gasteiger charge is -2.21. The summed E-state index contributed by atoms with van der Waals surface area (Å²) in [5, 5.41) is 0. The SMILES string of the molecule is CCN(c1ccccc1)c1cnc(C(N)=S)cn1. The molecule has 0 aliphatic rings. The molecule has 0 aliphatic heterocycles. The molecule has 1 aromatic carbocycles. The molecule has 0 fully saturated rings. The van der Waals surface area contributed by atoms with E-state index in [1.54, 1.807) is 12.4 Å². The summed E-state index contributed by atoms with van der Waals surface area (Å²) >= 11 is 4.85. The first-order valence-electron chi connectivity index (χ1n) is 5.66. The van der Waals surface area contributed by atoms with Crippen LogP contribution in [0.15, 0.2) is 42.7 Å². The van der Waals surface area contributed by atoms with Gasteiger partial charge in [-0.1, -0.05) is 30.4 Å². The summed E-state index contributed by atoms with van der Waals surface area (Å²) in [6.45, 7) is 2.88. The van der Waals surface area contributed by atoms with Gasteiger partial charge < -0.3 is 10.6 Å². The van der Waals surface area contributed by atoms with E-state index in [2.05, 4.69) is 21.8 Å². The Labute approximate surface area is 111 Å². The number of para-hydroxylation sites is 1. The lowest BCUT2D eigenvalue weighted by molar-refractivity contribution is 0.974. The van der Waals surface area contributed by atoms with Gasteiger partial charge in [-0.2, -0.15) is 0 Å². The van der Waals surface area contributed by atoms with Crippen molar-refractivity contribution < 1.29 is 0 Å². The fourth-order valence-electron chi connectivity index (χ4n) is 1.67. The first kappa shape index (κ1) is 12.4. The number of aromatic nitrogens is 2. The summed E-state index contributed by atoms with van der Waals surface area (Å²) in [5.74, 6) is 0.781. The van der Waals surface area contributed by atoms with Crippen LogP contribution in [0.5, 0.6) is 0 Å². The van der Waals surface area contributed by atoms with E-state index in [9.17, 15) is 0 Å². The highest BCUT2D eigenvalue weighted by Crippen LogP contribution is 2.21. The second-order valence-electron chi connectivity index (χ2n) is 3.70. The molecule has 1 heterocycles. The first-order valence-corrected chi connectivity index (χ1v) is 6.07.